The molecule has 3 N–H and O–H groups in total. The monoisotopic (exact) mass is 240 g/mol. The molecular weight excluding hydrogens is 228 g/mol. The number of nitrogens with one attached hydrogen (secondary N) is 1. The van der Waals surface area contributed by atoms with Gasteiger partial charge in [-0.05, 0) is 41.8 Å². The zero-order valence-corrected chi connectivity index (χ0v) is 9.64. The van der Waals surface area contributed by atoms with Gasteiger partial charge in [-0.3, -0.25) is 4.98 Å². The van der Waals surface area contributed by atoms with E-state index in [0.29, 0.717) is 5.58 Å². The highest BCUT2D eigenvalue weighted by molar-refractivity contribution is 5.72. The van der Waals surface area contributed by atoms with E-state index in [1.165, 1.54) is 5.56 Å². The van der Waals surface area contributed by atoms with Crippen LogP contribution in [0.2, 0.25) is 0 Å². The maximum atomic E-state index is 11.1. The second kappa shape index (κ2) is 4.07. The smallest absolute Gasteiger partial charge is 0.408 e. The third kappa shape index (κ3) is 2.00. The molecule has 0 saturated heterocycles. The second-order valence-electron chi connectivity index (χ2n) is 4.26. The van der Waals surface area contributed by atoms with Crippen molar-refractivity contribution in [2.45, 2.75) is 6.42 Å². The highest BCUT2D eigenvalue weighted by atomic mass is 16.4. The number of aromatic amines is 1. The molecule has 4 nitrogen and oxygen atoms in total. The van der Waals surface area contributed by atoms with Crippen LogP contribution in [0.15, 0.2) is 51.7 Å². The van der Waals surface area contributed by atoms with Gasteiger partial charge in [0.2, 0.25) is 0 Å². The SMILES string of the molecule is Nc1ccc(Cc2ccc3[nH]c(=O)oc3c2)cc1. The lowest BCUT2D eigenvalue weighted by molar-refractivity contribution is 0.555. The third-order valence-corrected chi connectivity index (χ3v) is 2.87. The number of fused-ring (bicyclic) bond motifs is 1. The van der Waals surface area contributed by atoms with Crippen LogP contribution in [-0.4, -0.2) is 4.98 Å². The Kier molecular flexibility index (Phi) is 2.41. The minimum Gasteiger partial charge on any atom is -0.408 e. The van der Waals surface area contributed by atoms with Crippen molar-refractivity contribution in [2.24, 2.45) is 0 Å². The Labute approximate surface area is 103 Å². The van der Waals surface area contributed by atoms with Crippen molar-refractivity contribution in [3.8, 4) is 0 Å². The molecule has 1 aromatic heterocycles. The van der Waals surface area contributed by atoms with Crippen LogP contribution in [0.3, 0.4) is 0 Å². The number of nitrogen functional groups attached to an aromatic ring is 1. The molecule has 0 bridgehead atoms. The van der Waals surface area contributed by atoms with Gasteiger partial charge in [-0.25, -0.2) is 4.79 Å². The predicted molar refractivity (Wildman–Crippen MR) is 70.5 cm³/mol. The summed E-state index contributed by atoms with van der Waals surface area (Å²) in [6.45, 7) is 0. The van der Waals surface area contributed by atoms with Crippen LogP contribution in [-0.2, 0) is 6.42 Å². The highest BCUT2D eigenvalue weighted by Crippen LogP contribution is 2.16. The first kappa shape index (κ1) is 10.7. The molecule has 0 atom stereocenters. The van der Waals surface area contributed by atoms with Gasteiger partial charge in [0.15, 0.2) is 5.58 Å². The first-order valence-electron chi connectivity index (χ1n) is 5.67. The molecule has 2 aromatic carbocycles. The Balaban J connectivity index is 1.94. The van der Waals surface area contributed by atoms with Crippen molar-refractivity contribution in [3.05, 3.63) is 64.1 Å². The van der Waals surface area contributed by atoms with E-state index in [4.69, 9.17) is 10.2 Å². The lowest BCUT2D eigenvalue weighted by Crippen LogP contribution is -1.92. The molecule has 1 heterocycles. The molecule has 0 amide bonds. The highest BCUT2D eigenvalue weighted by Gasteiger charge is 2.03. The molecule has 0 aliphatic carbocycles. The van der Waals surface area contributed by atoms with E-state index in [1.807, 2.05) is 42.5 Å². The van der Waals surface area contributed by atoms with E-state index in [9.17, 15) is 4.79 Å². The van der Waals surface area contributed by atoms with Gasteiger partial charge < -0.3 is 10.2 Å². The summed E-state index contributed by atoms with van der Waals surface area (Å²) in [5.74, 6) is -0.422. The fourth-order valence-electron chi connectivity index (χ4n) is 1.97. The fourth-order valence-corrected chi connectivity index (χ4v) is 1.97. The Hall–Kier alpha value is -2.49. The second-order valence-corrected chi connectivity index (χ2v) is 4.26. The molecule has 0 fully saturated rings. The van der Waals surface area contributed by atoms with Gasteiger partial charge in [0.25, 0.3) is 0 Å². The molecule has 0 aliphatic rings. The van der Waals surface area contributed by atoms with E-state index >= 15 is 0 Å². The lowest BCUT2D eigenvalue weighted by Gasteiger charge is -2.02. The Morgan fingerprint density at radius 3 is 2.56 bits per heavy atom. The molecule has 0 unspecified atom stereocenters. The lowest BCUT2D eigenvalue weighted by atomic mass is 10.0. The number of H-pyrrole nitrogens is 1. The summed E-state index contributed by atoms with van der Waals surface area (Å²) in [4.78, 5) is 13.7. The zero-order valence-electron chi connectivity index (χ0n) is 9.64. The molecule has 4 heteroatoms. The molecule has 3 aromatic rings. The molecule has 90 valence electrons. The normalized spacial score (nSPS) is 10.9. The van der Waals surface area contributed by atoms with Crippen LogP contribution in [0.5, 0.6) is 0 Å². The van der Waals surface area contributed by atoms with Gasteiger partial charge in [0.05, 0.1) is 5.52 Å². The van der Waals surface area contributed by atoms with Crippen molar-refractivity contribution in [1.29, 1.82) is 0 Å². The van der Waals surface area contributed by atoms with Crippen LogP contribution in [0, 0.1) is 0 Å². The Bertz CT molecular complexity index is 738. The van der Waals surface area contributed by atoms with E-state index in [-0.39, 0.29) is 0 Å². The van der Waals surface area contributed by atoms with Gasteiger partial charge in [-0.1, -0.05) is 18.2 Å². The Morgan fingerprint density at radius 2 is 1.78 bits per heavy atom. The zero-order chi connectivity index (χ0) is 12.5. The number of anilines is 1. The van der Waals surface area contributed by atoms with Gasteiger partial charge >= 0.3 is 5.76 Å². The quantitative estimate of drug-likeness (QED) is 0.675. The van der Waals surface area contributed by atoms with E-state index in [2.05, 4.69) is 4.98 Å². The van der Waals surface area contributed by atoms with Crippen LogP contribution >= 0.6 is 0 Å². The minimum absolute atomic E-state index is 0.422. The number of hydrogen-bond donors (Lipinski definition) is 2. The van der Waals surface area contributed by atoms with Crippen molar-refractivity contribution in [3.63, 3.8) is 0 Å². The number of oxazole rings is 1. The van der Waals surface area contributed by atoms with Crippen LogP contribution in [0.25, 0.3) is 11.1 Å². The number of rotatable bonds is 2. The van der Waals surface area contributed by atoms with Crippen molar-refractivity contribution in [2.75, 3.05) is 5.73 Å². The van der Waals surface area contributed by atoms with Crippen molar-refractivity contribution in [1.82, 2.24) is 4.98 Å². The average Bonchev–Trinajstić information content (AvgIpc) is 2.71. The van der Waals surface area contributed by atoms with Gasteiger partial charge in [0, 0.05) is 5.69 Å². The van der Waals surface area contributed by atoms with Gasteiger partial charge in [0.1, 0.15) is 0 Å². The number of aromatic nitrogens is 1. The summed E-state index contributed by atoms with van der Waals surface area (Å²) < 4.78 is 5.03. The van der Waals surface area contributed by atoms with E-state index in [1.54, 1.807) is 0 Å². The largest absolute Gasteiger partial charge is 0.417 e. The number of benzene rings is 2. The molecule has 0 spiro atoms. The minimum atomic E-state index is -0.422. The average molecular weight is 240 g/mol. The molecule has 0 saturated carbocycles. The molecular formula is C14H12N2O2. The summed E-state index contributed by atoms with van der Waals surface area (Å²) in [5, 5.41) is 0. The maximum absolute atomic E-state index is 11.1. The van der Waals surface area contributed by atoms with Gasteiger partial charge in [-0.2, -0.15) is 0 Å². The summed E-state index contributed by atoms with van der Waals surface area (Å²) in [6.07, 6.45) is 0.783. The first-order chi connectivity index (χ1) is 8.70. The first-order valence-corrected chi connectivity index (χ1v) is 5.67. The van der Waals surface area contributed by atoms with E-state index < -0.39 is 5.76 Å². The standard InChI is InChI=1S/C14H12N2O2/c15-11-4-1-9(2-5-11)7-10-3-6-12-13(8-10)18-14(17)16-12/h1-6,8H,7,15H2,(H,16,17). The summed E-state index contributed by atoms with van der Waals surface area (Å²) >= 11 is 0. The van der Waals surface area contributed by atoms with Crippen molar-refractivity contribution < 1.29 is 4.42 Å². The summed E-state index contributed by atoms with van der Waals surface area (Å²) in [6, 6.07) is 13.5. The summed E-state index contributed by atoms with van der Waals surface area (Å²) in [7, 11) is 0. The molecule has 0 radical (unpaired) electrons. The molecule has 3 rings (SSSR count). The molecule has 0 aliphatic heterocycles. The van der Waals surface area contributed by atoms with Gasteiger partial charge in [-0.15, -0.1) is 0 Å². The van der Waals surface area contributed by atoms with Crippen LogP contribution in [0.4, 0.5) is 5.69 Å². The topological polar surface area (TPSA) is 72.0 Å². The van der Waals surface area contributed by atoms with Crippen LogP contribution < -0.4 is 11.5 Å². The van der Waals surface area contributed by atoms with E-state index in [0.717, 1.165) is 23.2 Å². The summed E-state index contributed by atoms with van der Waals surface area (Å²) in [5.41, 5.74) is 9.97. The predicted octanol–water partition coefficient (Wildman–Crippen LogP) is 2.29. The maximum Gasteiger partial charge on any atom is 0.417 e. The van der Waals surface area contributed by atoms with Crippen LogP contribution in [0.1, 0.15) is 11.1 Å². The van der Waals surface area contributed by atoms with Crippen molar-refractivity contribution >= 4 is 16.8 Å². The number of nitrogens with two attached hydrogens (primary N) is 1. The third-order valence-electron chi connectivity index (χ3n) is 2.87. The fraction of sp³-hybridized carbons (Fsp3) is 0.0714. The molecule has 18 heavy (non-hydrogen) atoms. The number of hydrogen-bond acceptors (Lipinski definition) is 3. The Morgan fingerprint density at radius 1 is 1.06 bits per heavy atom.